The summed E-state index contributed by atoms with van der Waals surface area (Å²) < 4.78 is 41.9. The third-order valence-corrected chi connectivity index (χ3v) is 7.73. The number of pyridine rings is 1. The van der Waals surface area contributed by atoms with Gasteiger partial charge in [-0.25, -0.2) is 0 Å². The second-order valence-corrected chi connectivity index (χ2v) is 10.4. The number of benzene rings is 2. The molecule has 38 heavy (non-hydrogen) atoms. The van der Waals surface area contributed by atoms with Crippen LogP contribution >= 0.6 is 0 Å². The van der Waals surface area contributed by atoms with E-state index in [1.165, 1.54) is 11.6 Å². The fourth-order valence-electron chi connectivity index (χ4n) is 5.65. The number of halogens is 3. The van der Waals surface area contributed by atoms with Gasteiger partial charge >= 0.3 is 6.18 Å². The molecule has 2 aliphatic rings. The van der Waals surface area contributed by atoms with Gasteiger partial charge in [-0.2, -0.15) is 13.2 Å². The number of alkyl halides is 3. The molecule has 0 saturated carbocycles. The molecule has 2 saturated heterocycles. The topological polar surface area (TPSA) is 25.9 Å². The molecule has 202 valence electrons. The second kappa shape index (κ2) is 11.8. The zero-order chi connectivity index (χ0) is 26.5. The average Bonchev–Trinajstić information content (AvgIpc) is 3.15. The Kier molecular flexibility index (Phi) is 8.31. The molecule has 3 aromatic rings. The van der Waals surface area contributed by atoms with Crippen LogP contribution in [-0.4, -0.2) is 79.1 Å². The van der Waals surface area contributed by atoms with E-state index in [9.17, 15) is 13.2 Å². The Morgan fingerprint density at radius 1 is 0.816 bits per heavy atom. The largest absolute Gasteiger partial charge is 0.416 e. The Morgan fingerprint density at radius 3 is 2.29 bits per heavy atom. The number of likely N-dealkylation sites (N-methyl/N-ethyl adjacent to an activating group) is 1. The predicted octanol–water partition coefficient (Wildman–Crippen LogP) is 5.15. The Labute approximate surface area is 223 Å². The zero-order valence-electron chi connectivity index (χ0n) is 21.9. The number of aromatic nitrogens is 1. The molecule has 0 spiro atoms. The summed E-state index contributed by atoms with van der Waals surface area (Å²) >= 11 is 0. The first-order valence-electron chi connectivity index (χ1n) is 13.4. The van der Waals surface area contributed by atoms with Gasteiger partial charge in [0.15, 0.2) is 0 Å². The summed E-state index contributed by atoms with van der Waals surface area (Å²) in [7, 11) is 2.09. The van der Waals surface area contributed by atoms with E-state index in [0.29, 0.717) is 25.2 Å². The van der Waals surface area contributed by atoms with E-state index in [2.05, 4.69) is 43.8 Å². The quantitative estimate of drug-likeness (QED) is 0.445. The molecular formula is C30H36F3N5. The highest BCUT2D eigenvalue weighted by molar-refractivity contribution is 5.52. The van der Waals surface area contributed by atoms with Crippen LogP contribution < -0.4 is 4.90 Å². The van der Waals surface area contributed by atoms with Crippen LogP contribution in [-0.2, 0) is 12.7 Å². The van der Waals surface area contributed by atoms with E-state index >= 15 is 0 Å². The van der Waals surface area contributed by atoms with Crippen molar-refractivity contribution < 1.29 is 13.2 Å². The van der Waals surface area contributed by atoms with E-state index in [4.69, 9.17) is 0 Å². The van der Waals surface area contributed by atoms with Gasteiger partial charge in [0, 0.05) is 64.2 Å². The lowest BCUT2D eigenvalue weighted by Crippen LogP contribution is -2.47. The molecule has 0 radical (unpaired) electrons. The third-order valence-electron chi connectivity index (χ3n) is 7.73. The van der Waals surface area contributed by atoms with Crippen molar-refractivity contribution in [1.82, 2.24) is 19.7 Å². The summed E-state index contributed by atoms with van der Waals surface area (Å²) in [5.74, 6) is 0. The van der Waals surface area contributed by atoms with Crippen LogP contribution in [0.3, 0.4) is 0 Å². The summed E-state index contributed by atoms with van der Waals surface area (Å²) in [5.41, 5.74) is 2.90. The van der Waals surface area contributed by atoms with Crippen molar-refractivity contribution in [3.05, 3.63) is 95.3 Å². The first-order chi connectivity index (χ1) is 18.4. The minimum absolute atomic E-state index is 0.0229. The number of nitrogens with zero attached hydrogens (tertiary/aromatic N) is 5. The van der Waals surface area contributed by atoms with Gasteiger partial charge in [0.25, 0.3) is 0 Å². The van der Waals surface area contributed by atoms with Crippen molar-refractivity contribution in [2.24, 2.45) is 0 Å². The standard InChI is InChI=1S/C30H36F3N5/c1-35-14-7-15-37(19-16-35)26-11-12-27(30(31,32)33)25(22-26)23-36-17-20-38(21-18-36)29(24-8-3-2-4-9-24)28-10-5-6-13-34-28/h2-6,8-13,22,29H,7,14-21,23H2,1H3. The smallest absolute Gasteiger partial charge is 0.370 e. The molecule has 1 aromatic heterocycles. The van der Waals surface area contributed by atoms with E-state index in [0.717, 1.165) is 57.1 Å². The number of hydrogen-bond donors (Lipinski definition) is 0. The summed E-state index contributed by atoms with van der Waals surface area (Å²) in [4.78, 5) is 13.7. The first-order valence-corrected chi connectivity index (χ1v) is 13.4. The van der Waals surface area contributed by atoms with Gasteiger partial charge in [-0.15, -0.1) is 0 Å². The SMILES string of the molecule is CN1CCCN(c2ccc(C(F)(F)F)c(CN3CCN(C(c4ccccc4)c4ccccn4)CC3)c2)CC1. The van der Waals surface area contributed by atoms with Crippen molar-refractivity contribution in [3.8, 4) is 0 Å². The average molecular weight is 524 g/mol. The Balaban J connectivity index is 1.32. The molecule has 2 fully saturated rings. The lowest BCUT2D eigenvalue weighted by atomic mass is 10.00. The van der Waals surface area contributed by atoms with Gasteiger partial charge < -0.3 is 9.80 Å². The van der Waals surface area contributed by atoms with Crippen LogP contribution in [0.5, 0.6) is 0 Å². The van der Waals surface area contributed by atoms with Gasteiger partial charge in [-0.3, -0.25) is 14.8 Å². The monoisotopic (exact) mass is 523 g/mol. The molecular weight excluding hydrogens is 487 g/mol. The molecule has 5 nitrogen and oxygen atoms in total. The van der Waals surface area contributed by atoms with Crippen molar-refractivity contribution in [2.75, 3.05) is 64.3 Å². The summed E-state index contributed by atoms with van der Waals surface area (Å²) in [6.07, 6.45) is -1.55. The molecule has 1 unspecified atom stereocenters. The maximum absolute atomic E-state index is 14.0. The van der Waals surface area contributed by atoms with Crippen LogP contribution in [0.15, 0.2) is 72.9 Å². The molecule has 0 N–H and O–H groups in total. The maximum Gasteiger partial charge on any atom is 0.416 e. The van der Waals surface area contributed by atoms with Crippen LogP contribution in [0.1, 0.15) is 34.8 Å². The van der Waals surface area contributed by atoms with Gasteiger partial charge in [0.2, 0.25) is 0 Å². The van der Waals surface area contributed by atoms with Gasteiger partial charge in [-0.05, 0) is 61.5 Å². The maximum atomic E-state index is 14.0. The van der Waals surface area contributed by atoms with Crippen LogP contribution in [0.2, 0.25) is 0 Å². The summed E-state index contributed by atoms with van der Waals surface area (Å²) in [6, 6.07) is 21.0. The fraction of sp³-hybridized carbons (Fsp3) is 0.433. The Bertz CT molecular complexity index is 1120. The van der Waals surface area contributed by atoms with E-state index in [-0.39, 0.29) is 6.04 Å². The molecule has 0 aliphatic carbocycles. The minimum Gasteiger partial charge on any atom is -0.370 e. The van der Waals surface area contributed by atoms with Crippen LogP contribution in [0.25, 0.3) is 0 Å². The first kappa shape index (κ1) is 26.7. The molecule has 8 heteroatoms. The highest BCUT2D eigenvalue weighted by Gasteiger charge is 2.35. The molecule has 5 rings (SSSR count). The molecule has 3 heterocycles. The summed E-state index contributed by atoms with van der Waals surface area (Å²) in [5, 5.41) is 0. The number of piperazine rings is 1. The highest BCUT2D eigenvalue weighted by Crippen LogP contribution is 2.35. The molecule has 2 aromatic carbocycles. The zero-order valence-corrected chi connectivity index (χ0v) is 21.9. The fourth-order valence-corrected chi connectivity index (χ4v) is 5.65. The van der Waals surface area contributed by atoms with Crippen molar-refractivity contribution in [3.63, 3.8) is 0 Å². The van der Waals surface area contributed by atoms with Crippen LogP contribution in [0.4, 0.5) is 18.9 Å². The molecule has 1 atom stereocenters. The molecule has 0 amide bonds. The lowest BCUT2D eigenvalue weighted by Gasteiger charge is -2.39. The molecule has 2 aliphatic heterocycles. The van der Waals surface area contributed by atoms with Crippen molar-refractivity contribution >= 4 is 5.69 Å². The second-order valence-electron chi connectivity index (χ2n) is 10.4. The van der Waals surface area contributed by atoms with E-state index < -0.39 is 11.7 Å². The highest BCUT2D eigenvalue weighted by atomic mass is 19.4. The van der Waals surface area contributed by atoms with Crippen molar-refractivity contribution in [2.45, 2.75) is 25.2 Å². The predicted molar refractivity (Wildman–Crippen MR) is 145 cm³/mol. The normalized spacial score (nSPS) is 19.3. The minimum atomic E-state index is -4.37. The number of rotatable bonds is 6. The van der Waals surface area contributed by atoms with Crippen molar-refractivity contribution in [1.29, 1.82) is 0 Å². The summed E-state index contributed by atoms with van der Waals surface area (Å²) in [6.45, 7) is 6.83. The third kappa shape index (κ3) is 6.37. The van der Waals surface area contributed by atoms with Crippen LogP contribution in [0, 0.1) is 0 Å². The van der Waals surface area contributed by atoms with E-state index in [1.807, 2.05) is 42.6 Å². The number of hydrogen-bond acceptors (Lipinski definition) is 5. The van der Waals surface area contributed by atoms with Gasteiger partial charge in [-0.1, -0.05) is 36.4 Å². The van der Waals surface area contributed by atoms with E-state index in [1.54, 1.807) is 12.1 Å². The number of anilines is 1. The van der Waals surface area contributed by atoms with Gasteiger partial charge in [0.05, 0.1) is 17.3 Å². The van der Waals surface area contributed by atoms with Gasteiger partial charge in [0.1, 0.15) is 0 Å². The Morgan fingerprint density at radius 2 is 1.58 bits per heavy atom. The molecule has 0 bridgehead atoms. The Hall–Kier alpha value is -2.94. The lowest BCUT2D eigenvalue weighted by molar-refractivity contribution is -0.138.